The first-order valence-corrected chi connectivity index (χ1v) is 10.5. The number of carbonyl (C=O) groups excluding carboxylic acids is 1. The largest absolute Gasteiger partial charge is 0.355 e. The molecule has 0 bridgehead atoms. The number of nitrogens with one attached hydrogen (secondary N) is 2. The predicted octanol–water partition coefficient (Wildman–Crippen LogP) is 1.52. The van der Waals surface area contributed by atoms with Crippen LogP contribution in [0.3, 0.4) is 0 Å². The molecule has 2 aliphatic rings. The number of aryl methyl sites for hydroxylation is 1. The summed E-state index contributed by atoms with van der Waals surface area (Å²) in [5.41, 5.74) is 0.355. The van der Waals surface area contributed by atoms with E-state index in [1.54, 1.807) is 23.1 Å². The molecule has 8 heteroatoms. The van der Waals surface area contributed by atoms with Crippen LogP contribution in [0, 0.1) is 12.3 Å². The molecule has 2 N–H and O–H groups in total. The van der Waals surface area contributed by atoms with Gasteiger partial charge in [-0.05, 0) is 58.2 Å². The molecule has 1 amide bonds. The molecule has 1 aromatic rings. The number of hydrogen-bond donors (Lipinski definition) is 2. The lowest BCUT2D eigenvalue weighted by Crippen LogP contribution is -2.41. The smallest absolute Gasteiger partial charge is 0.237 e. The van der Waals surface area contributed by atoms with Crippen molar-refractivity contribution in [1.29, 1.82) is 0 Å². The first-order valence-electron chi connectivity index (χ1n) is 8.70. The summed E-state index contributed by atoms with van der Waals surface area (Å²) in [6, 6.07) is 0.0431. The summed E-state index contributed by atoms with van der Waals surface area (Å²) in [4.78, 5) is 14.8. The summed E-state index contributed by atoms with van der Waals surface area (Å²) >= 11 is 3.35. The molecule has 24 heavy (non-hydrogen) atoms. The third kappa shape index (κ3) is 4.47. The van der Waals surface area contributed by atoms with Crippen molar-refractivity contribution in [2.24, 2.45) is 5.41 Å². The van der Waals surface area contributed by atoms with Gasteiger partial charge in [0, 0.05) is 18.8 Å². The van der Waals surface area contributed by atoms with Crippen LogP contribution in [0.1, 0.15) is 30.7 Å². The van der Waals surface area contributed by atoms with Gasteiger partial charge in [-0.25, -0.2) is 0 Å². The molecule has 6 nitrogen and oxygen atoms in total. The van der Waals surface area contributed by atoms with Crippen LogP contribution in [0.15, 0.2) is 4.34 Å². The Morgan fingerprint density at radius 2 is 2.25 bits per heavy atom. The Bertz CT molecular complexity index is 558. The van der Waals surface area contributed by atoms with Gasteiger partial charge in [0.1, 0.15) is 5.01 Å². The second kappa shape index (κ2) is 8.12. The monoisotopic (exact) mass is 369 g/mol. The highest BCUT2D eigenvalue weighted by molar-refractivity contribution is 8.01. The van der Waals surface area contributed by atoms with E-state index in [-0.39, 0.29) is 11.9 Å². The highest BCUT2D eigenvalue weighted by Gasteiger charge is 2.45. The van der Waals surface area contributed by atoms with Crippen molar-refractivity contribution in [2.45, 2.75) is 43.0 Å². The fourth-order valence-electron chi connectivity index (χ4n) is 3.78. The Labute approximate surface area is 152 Å². The lowest BCUT2D eigenvalue weighted by atomic mass is 9.77. The Balaban J connectivity index is 1.37. The molecule has 3 heterocycles. The van der Waals surface area contributed by atoms with Gasteiger partial charge in [-0.2, -0.15) is 0 Å². The van der Waals surface area contributed by atoms with Crippen molar-refractivity contribution in [3.8, 4) is 0 Å². The van der Waals surface area contributed by atoms with Crippen LogP contribution in [-0.2, 0) is 4.79 Å². The standard InChI is InChI=1S/C16H27N5OS2/c1-12-19-20-15(24-12)23-9-3-6-18-14(22)13-10-16(11-21(13)2)4-7-17-8-5-16/h13,17H,3-11H2,1-2H3,(H,18,22). The molecule has 0 saturated carbocycles. The normalized spacial score (nSPS) is 23.7. The van der Waals surface area contributed by atoms with Crippen molar-refractivity contribution < 1.29 is 4.79 Å². The minimum atomic E-state index is 0.0431. The number of piperidine rings is 1. The molecular weight excluding hydrogens is 342 g/mol. The molecule has 2 saturated heterocycles. The third-order valence-electron chi connectivity index (χ3n) is 5.06. The molecule has 1 aromatic heterocycles. The van der Waals surface area contributed by atoms with Gasteiger partial charge in [-0.15, -0.1) is 10.2 Å². The van der Waals surface area contributed by atoms with Crippen molar-refractivity contribution >= 4 is 29.0 Å². The summed E-state index contributed by atoms with van der Waals surface area (Å²) in [6.45, 7) is 5.94. The van der Waals surface area contributed by atoms with Crippen molar-refractivity contribution in [3.05, 3.63) is 5.01 Å². The van der Waals surface area contributed by atoms with Gasteiger partial charge >= 0.3 is 0 Å². The molecule has 0 radical (unpaired) electrons. The van der Waals surface area contributed by atoms with Gasteiger partial charge in [0.25, 0.3) is 0 Å². The fourth-order valence-corrected chi connectivity index (χ4v) is 5.61. The number of likely N-dealkylation sites (tertiary alicyclic amines) is 1. The van der Waals surface area contributed by atoms with Gasteiger partial charge in [-0.3, -0.25) is 9.69 Å². The topological polar surface area (TPSA) is 70.1 Å². The summed E-state index contributed by atoms with van der Waals surface area (Å²) in [7, 11) is 2.09. The maximum absolute atomic E-state index is 12.5. The number of carbonyl (C=O) groups is 1. The van der Waals surface area contributed by atoms with Crippen molar-refractivity contribution in [1.82, 2.24) is 25.7 Å². The summed E-state index contributed by atoms with van der Waals surface area (Å²) in [6.07, 6.45) is 4.36. The van der Waals surface area contributed by atoms with Crippen LogP contribution in [-0.4, -0.2) is 66.0 Å². The number of likely N-dealkylation sites (N-methyl/N-ethyl adjacent to an activating group) is 1. The zero-order valence-electron chi connectivity index (χ0n) is 14.5. The van der Waals surface area contributed by atoms with E-state index in [0.29, 0.717) is 5.41 Å². The van der Waals surface area contributed by atoms with E-state index < -0.39 is 0 Å². The Kier molecular flexibility index (Phi) is 6.12. The molecule has 3 rings (SSSR count). The molecule has 2 fully saturated rings. The Hall–Kier alpha value is -0.700. The SMILES string of the molecule is Cc1nnc(SCCCNC(=O)C2CC3(CCNCC3)CN2C)s1. The average molecular weight is 370 g/mol. The lowest BCUT2D eigenvalue weighted by Gasteiger charge is -2.33. The average Bonchev–Trinajstić information content (AvgIpc) is 3.11. The van der Waals surface area contributed by atoms with Gasteiger partial charge in [0.2, 0.25) is 5.91 Å². The minimum Gasteiger partial charge on any atom is -0.355 e. The predicted molar refractivity (Wildman–Crippen MR) is 98.6 cm³/mol. The van der Waals surface area contributed by atoms with E-state index in [9.17, 15) is 4.79 Å². The van der Waals surface area contributed by atoms with E-state index in [2.05, 4.69) is 32.8 Å². The van der Waals surface area contributed by atoms with Crippen LogP contribution < -0.4 is 10.6 Å². The van der Waals surface area contributed by atoms with Crippen LogP contribution in [0.25, 0.3) is 0 Å². The maximum atomic E-state index is 12.5. The van der Waals surface area contributed by atoms with E-state index in [1.165, 1.54) is 12.8 Å². The highest BCUT2D eigenvalue weighted by Crippen LogP contribution is 2.41. The van der Waals surface area contributed by atoms with Crippen molar-refractivity contribution in [2.75, 3.05) is 39.0 Å². The number of rotatable bonds is 6. The summed E-state index contributed by atoms with van der Waals surface area (Å²) < 4.78 is 1.02. The fraction of sp³-hybridized carbons (Fsp3) is 0.812. The van der Waals surface area contributed by atoms with E-state index >= 15 is 0 Å². The van der Waals surface area contributed by atoms with Crippen LogP contribution in [0.2, 0.25) is 0 Å². The zero-order valence-corrected chi connectivity index (χ0v) is 16.1. The maximum Gasteiger partial charge on any atom is 0.237 e. The molecule has 1 spiro atoms. The number of amides is 1. The summed E-state index contributed by atoms with van der Waals surface area (Å²) in [5.74, 6) is 1.16. The number of aromatic nitrogens is 2. The van der Waals surface area contributed by atoms with Gasteiger partial charge < -0.3 is 10.6 Å². The molecule has 0 aromatic carbocycles. The molecule has 2 aliphatic heterocycles. The second-order valence-electron chi connectivity index (χ2n) is 6.97. The number of hydrogen-bond acceptors (Lipinski definition) is 7. The molecule has 134 valence electrons. The van der Waals surface area contributed by atoms with Gasteiger partial charge in [0.15, 0.2) is 4.34 Å². The lowest BCUT2D eigenvalue weighted by molar-refractivity contribution is -0.125. The molecule has 0 aliphatic carbocycles. The second-order valence-corrected chi connectivity index (χ2v) is 9.49. The molecular formula is C16H27N5OS2. The van der Waals surface area contributed by atoms with E-state index in [1.807, 2.05) is 6.92 Å². The Morgan fingerprint density at radius 1 is 1.46 bits per heavy atom. The Morgan fingerprint density at radius 3 is 2.96 bits per heavy atom. The third-order valence-corrected chi connectivity index (χ3v) is 7.12. The first-order chi connectivity index (χ1) is 11.6. The van der Waals surface area contributed by atoms with Crippen LogP contribution in [0.5, 0.6) is 0 Å². The highest BCUT2D eigenvalue weighted by atomic mass is 32.2. The van der Waals surface area contributed by atoms with Crippen LogP contribution in [0.4, 0.5) is 0 Å². The van der Waals surface area contributed by atoms with Crippen LogP contribution >= 0.6 is 23.1 Å². The number of nitrogens with zero attached hydrogens (tertiary/aromatic N) is 3. The first kappa shape index (κ1) is 18.1. The summed E-state index contributed by atoms with van der Waals surface area (Å²) in [5, 5.41) is 15.7. The van der Waals surface area contributed by atoms with Crippen molar-refractivity contribution in [3.63, 3.8) is 0 Å². The zero-order chi connectivity index (χ0) is 17.0. The molecule has 1 unspecified atom stereocenters. The molecule has 1 atom stereocenters. The van der Waals surface area contributed by atoms with Gasteiger partial charge in [-0.1, -0.05) is 23.1 Å². The number of thioether (sulfide) groups is 1. The quantitative estimate of drug-likeness (QED) is 0.585. The van der Waals surface area contributed by atoms with Gasteiger partial charge in [0.05, 0.1) is 6.04 Å². The van der Waals surface area contributed by atoms with E-state index in [0.717, 1.165) is 54.1 Å². The minimum absolute atomic E-state index is 0.0431. The van der Waals surface area contributed by atoms with E-state index in [4.69, 9.17) is 0 Å².